The number of fused-ring (bicyclic) bond motifs is 1. The van der Waals surface area contributed by atoms with E-state index in [1.807, 2.05) is 48.5 Å². The second kappa shape index (κ2) is 6.59. The third kappa shape index (κ3) is 3.09. The molecule has 3 aromatic rings. The first-order valence-electron chi connectivity index (χ1n) is 8.53. The smallest absolute Gasteiger partial charge is 0.298 e. The molecule has 0 unspecified atom stereocenters. The van der Waals surface area contributed by atoms with Crippen molar-refractivity contribution in [3.8, 4) is 5.75 Å². The first-order chi connectivity index (χ1) is 12.2. The number of nitrogens with zero attached hydrogens (tertiary/aromatic N) is 2. The number of carbonyl (C=O) groups excluding carboxylic acids is 1. The van der Waals surface area contributed by atoms with Gasteiger partial charge < -0.3 is 14.1 Å². The summed E-state index contributed by atoms with van der Waals surface area (Å²) in [6, 6.07) is 15.8. The summed E-state index contributed by atoms with van der Waals surface area (Å²) in [6.45, 7) is 1.55. The third-order valence-electron chi connectivity index (χ3n) is 4.79. The Kier molecular flexibility index (Phi) is 4.14. The van der Waals surface area contributed by atoms with E-state index in [0.29, 0.717) is 6.01 Å². The van der Waals surface area contributed by atoms with E-state index in [4.69, 9.17) is 9.15 Å². The van der Waals surface area contributed by atoms with Gasteiger partial charge in [0.15, 0.2) is 11.4 Å². The fourth-order valence-corrected chi connectivity index (χ4v) is 3.32. The van der Waals surface area contributed by atoms with Gasteiger partial charge in [0.2, 0.25) is 0 Å². The monoisotopic (exact) mass is 336 g/mol. The fourth-order valence-electron chi connectivity index (χ4n) is 3.32. The molecule has 5 heteroatoms. The quantitative estimate of drug-likeness (QED) is 0.676. The molecule has 0 spiro atoms. The van der Waals surface area contributed by atoms with E-state index in [9.17, 15) is 4.79 Å². The van der Waals surface area contributed by atoms with E-state index in [-0.39, 0.29) is 11.7 Å². The highest BCUT2D eigenvalue weighted by Crippen LogP contribution is 2.28. The summed E-state index contributed by atoms with van der Waals surface area (Å²) < 4.78 is 11.0. The zero-order chi connectivity index (χ0) is 17.2. The first kappa shape index (κ1) is 15.7. The van der Waals surface area contributed by atoms with Crippen LogP contribution in [0.3, 0.4) is 0 Å². The van der Waals surface area contributed by atoms with E-state index < -0.39 is 0 Å². The number of ketones is 1. The second-order valence-corrected chi connectivity index (χ2v) is 6.32. The molecule has 0 amide bonds. The van der Waals surface area contributed by atoms with Gasteiger partial charge in [-0.05, 0) is 49.2 Å². The summed E-state index contributed by atoms with van der Waals surface area (Å²) in [4.78, 5) is 19.4. The molecule has 0 radical (unpaired) electrons. The van der Waals surface area contributed by atoms with Gasteiger partial charge in [0, 0.05) is 24.6 Å². The van der Waals surface area contributed by atoms with E-state index in [1.54, 1.807) is 7.11 Å². The molecule has 4 rings (SSSR count). The molecule has 0 aliphatic carbocycles. The van der Waals surface area contributed by atoms with Crippen LogP contribution in [0.4, 0.5) is 6.01 Å². The average Bonchev–Trinajstić information content (AvgIpc) is 3.12. The van der Waals surface area contributed by atoms with E-state index in [1.165, 1.54) is 0 Å². The van der Waals surface area contributed by atoms with Crippen molar-refractivity contribution < 1.29 is 13.9 Å². The Morgan fingerprint density at radius 1 is 1.12 bits per heavy atom. The Bertz CT molecular complexity index is 844. The number of Topliss-reactive ketones (excluding diaryl/α,β-unsaturated/α-hetero) is 1. The minimum Gasteiger partial charge on any atom is -0.497 e. The van der Waals surface area contributed by atoms with Crippen molar-refractivity contribution in [3.05, 3.63) is 54.1 Å². The van der Waals surface area contributed by atoms with E-state index >= 15 is 0 Å². The van der Waals surface area contributed by atoms with Crippen LogP contribution in [0.25, 0.3) is 11.1 Å². The zero-order valence-corrected chi connectivity index (χ0v) is 14.1. The SMILES string of the molecule is COc1ccc(C(=O)C2CCN(c3nc4ccccc4o3)CC2)cc1. The lowest BCUT2D eigenvalue weighted by molar-refractivity contribution is 0.0899. The van der Waals surface area contributed by atoms with Gasteiger partial charge in [0.1, 0.15) is 11.3 Å². The average molecular weight is 336 g/mol. The number of piperidine rings is 1. The van der Waals surface area contributed by atoms with Gasteiger partial charge in [-0.3, -0.25) is 4.79 Å². The number of ether oxygens (including phenoxy) is 1. The topological polar surface area (TPSA) is 55.6 Å². The lowest BCUT2D eigenvalue weighted by Gasteiger charge is -2.30. The molecule has 1 aliphatic rings. The van der Waals surface area contributed by atoms with Gasteiger partial charge >= 0.3 is 0 Å². The molecule has 5 nitrogen and oxygen atoms in total. The fraction of sp³-hybridized carbons (Fsp3) is 0.300. The summed E-state index contributed by atoms with van der Waals surface area (Å²) in [7, 11) is 1.62. The second-order valence-electron chi connectivity index (χ2n) is 6.32. The number of carbonyl (C=O) groups is 1. The first-order valence-corrected chi connectivity index (χ1v) is 8.53. The highest BCUT2D eigenvalue weighted by molar-refractivity contribution is 5.98. The predicted molar refractivity (Wildman–Crippen MR) is 96.3 cm³/mol. The lowest BCUT2D eigenvalue weighted by Crippen LogP contribution is -2.36. The number of hydrogen-bond donors (Lipinski definition) is 0. The van der Waals surface area contributed by atoms with Crippen LogP contribution in [0.1, 0.15) is 23.2 Å². The zero-order valence-electron chi connectivity index (χ0n) is 14.1. The van der Waals surface area contributed by atoms with Gasteiger partial charge in [0.05, 0.1) is 7.11 Å². The molecule has 2 heterocycles. The number of anilines is 1. The Morgan fingerprint density at radius 3 is 2.52 bits per heavy atom. The molecule has 128 valence electrons. The van der Waals surface area contributed by atoms with Crippen LogP contribution >= 0.6 is 0 Å². The minimum absolute atomic E-state index is 0.0500. The third-order valence-corrected chi connectivity index (χ3v) is 4.79. The molecule has 2 aromatic carbocycles. The van der Waals surface area contributed by atoms with Crippen LogP contribution in [0.5, 0.6) is 5.75 Å². The van der Waals surface area contributed by atoms with Crippen molar-refractivity contribution in [2.45, 2.75) is 12.8 Å². The molecule has 0 N–H and O–H groups in total. The Balaban J connectivity index is 1.42. The maximum absolute atomic E-state index is 12.7. The summed E-state index contributed by atoms with van der Waals surface area (Å²) in [5.74, 6) is 1.02. The van der Waals surface area contributed by atoms with Crippen LogP contribution < -0.4 is 9.64 Å². The maximum atomic E-state index is 12.7. The number of hydrogen-bond acceptors (Lipinski definition) is 5. The van der Waals surface area contributed by atoms with Crippen LogP contribution in [0, 0.1) is 5.92 Å². The highest BCUT2D eigenvalue weighted by atomic mass is 16.5. The predicted octanol–water partition coefficient (Wildman–Crippen LogP) is 3.94. The van der Waals surface area contributed by atoms with Crippen molar-refractivity contribution >= 4 is 22.9 Å². The molecule has 0 saturated carbocycles. The summed E-state index contributed by atoms with van der Waals surface area (Å²) >= 11 is 0. The van der Waals surface area contributed by atoms with Crippen molar-refractivity contribution in [2.24, 2.45) is 5.92 Å². The number of benzene rings is 2. The maximum Gasteiger partial charge on any atom is 0.298 e. The number of methoxy groups -OCH3 is 1. The van der Waals surface area contributed by atoms with Crippen LogP contribution in [0.15, 0.2) is 52.9 Å². The van der Waals surface area contributed by atoms with Gasteiger partial charge in [-0.25, -0.2) is 0 Å². The molecule has 0 atom stereocenters. The molecular formula is C20H20N2O3. The van der Waals surface area contributed by atoms with Crippen LogP contribution in [0.2, 0.25) is 0 Å². The van der Waals surface area contributed by atoms with Crippen molar-refractivity contribution in [3.63, 3.8) is 0 Å². The lowest BCUT2D eigenvalue weighted by atomic mass is 9.89. The Labute approximate surface area is 146 Å². The van der Waals surface area contributed by atoms with Crippen LogP contribution in [-0.2, 0) is 0 Å². The van der Waals surface area contributed by atoms with Crippen molar-refractivity contribution in [2.75, 3.05) is 25.1 Å². The molecule has 1 fully saturated rings. The van der Waals surface area contributed by atoms with Crippen molar-refractivity contribution in [1.82, 2.24) is 4.98 Å². The van der Waals surface area contributed by atoms with E-state index in [0.717, 1.165) is 48.3 Å². The molecular weight excluding hydrogens is 316 g/mol. The largest absolute Gasteiger partial charge is 0.497 e. The van der Waals surface area contributed by atoms with Gasteiger partial charge in [-0.1, -0.05) is 12.1 Å². The van der Waals surface area contributed by atoms with Gasteiger partial charge in [-0.2, -0.15) is 4.98 Å². The minimum atomic E-state index is 0.0500. The van der Waals surface area contributed by atoms with Gasteiger partial charge in [-0.15, -0.1) is 0 Å². The molecule has 1 saturated heterocycles. The van der Waals surface area contributed by atoms with Crippen LogP contribution in [-0.4, -0.2) is 31.0 Å². The summed E-state index contributed by atoms with van der Waals surface area (Å²) in [5, 5.41) is 0. The Hall–Kier alpha value is -2.82. The number of oxazole rings is 1. The summed E-state index contributed by atoms with van der Waals surface area (Å²) in [6.07, 6.45) is 1.62. The number of rotatable bonds is 4. The standard InChI is InChI=1S/C20H20N2O3/c1-24-16-8-6-14(7-9-16)19(23)15-10-12-22(13-11-15)20-21-17-4-2-3-5-18(17)25-20/h2-9,15H,10-13H2,1H3. The molecule has 1 aliphatic heterocycles. The highest BCUT2D eigenvalue weighted by Gasteiger charge is 2.27. The van der Waals surface area contributed by atoms with Gasteiger partial charge in [0.25, 0.3) is 6.01 Å². The molecule has 1 aromatic heterocycles. The number of aromatic nitrogens is 1. The molecule has 25 heavy (non-hydrogen) atoms. The summed E-state index contributed by atoms with van der Waals surface area (Å²) in [5.41, 5.74) is 2.42. The Morgan fingerprint density at radius 2 is 1.84 bits per heavy atom. The number of para-hydroxylation sites is 2. The molecule has 0 bridgehead atoms. The van der Waals surface area contributed by atoms with E-state index in [2.05, 4.69) is 9.88 Å². The van der Waals surface area contributed by atoms with Crippen molar-refractivity contribution in [1.29, 1.82) is 0 Å². The normalized spacial score (nSPS) is 15.5.